The van der Waals surface area contributed by atoms with Crippen LogP contribution in [0.15, 0.2) is 39.8 Å². The summed E-state index contributed by atoms with van der Waals surface area (Å²) in [5, 5.41) is 10.6. The standard InChI is InChI=1S/C20H31N5O3S.HI/c1-5-17(6-2)19-11-18(28-25-19)13-24-20(21-3)23-12-15-8-7-9-16(10-15)14-29(26,27)22-4;/h7-11,17,22H,5-6,12-14H2,1-4H3,(H2,21,23,24);1H. The molecule has 1 aromatic carbocycles. The fourth-order valence-corrected chi connectivity index (χ4v) is 3.77. The van der Waals surface area contributed by atoms with Crippen molar-refractivity contribution in [1.29, 1.82) is 0 Å². The van der Waals surface area contributed by atoms with Crippen molar-refractivity contribution < 1.29 is 12.9 Å². The van der Waals surface area contributed by atoms with Gasteiger partial charge in [0.05, 0.1) is 18.0 Å². The molecular weight excluding hydrogens is 517 g/mol. The highest BCUT2D eigenvalue weighted by Crippen LogP contribution is 2.22. The van der Waals surface area contributed by atoms with Crippen molar-refractivity contribution in [2.75, 3.05) is 14.1 Å². The first-order chi connectivity index (χ1) is 13.9. The van der Waals surface area contributed by atoms with Crippen LogP contribution in [0.25, 0.3) is 0 Å². The molecule has 1 aromatic heterocycles. The molecule has 2 aromatic rings. The van der Waals surface area contributed by atoms with E-state index in [0.717, 1.165) is 35.4 Å². The van der Waals surface area contributed by atoms with Crippen molar-refractivity contribution in [3.8, 4) is 0 Å². The van der Waals surface area contributed by atoms with Crippen LogP contribution in [0.1, 0.15) is 55.2 Å². The van der Waals surface area contributed by atoms with Gasteiger partial charge in [0.1, 0.15) is 0 Å². The summed E-state index contributed by atoms with van der Waals surface area (Å²) in [7, 11) is -0.185. The van der Waals surface area contributed by atoms with Gasteiger partial charge in [-0.1, -0.05) is 43.3 Å². The molecule has 0 radical (unpaired) electrons. The summed E-state index contributed by atoms with van der Waals surface area (Å²) in [6.45, 7) is 5.29. The molecule has 0 atom stereocenters. The van der Waals surface area contributed by atoms with E-state index in [1.54, 1.807) is 13.1 Å². The lowest BCUT2D eigenvalue weighted by Gasteiger charge is -2.11. The van der Waals surface area contributed by atoms with E-state index in [1.807, 2.05) is 24.3 Å². The molecule has 0 amide bonds. The van der Waals surface area contributed by atoms with E-state index in [0.29, 0.717) is 25.0 Å². The van der Waals surface area contributed by atoms with Gasteiger partial charge in [-0.15, -0.1) is 24.0 Å². The smallest absolute Gasteiger partial charge is 0.215 e. The van der Waals surface area contributed by atoms with E-state index in [4.69, 9.17) is 4.52 Å². The van der Waals surface area contributed by atoms with Crippen molar-refractivity contribution in [2.45, 2.75) is 51.4 Å². The zero-order valence-corrected chi connectivity index (χ0v) is 21.1. The average Bonchev–Trinajstić information content (AvgIpc) is 3.18. The summed E-state index contributed by atoms with van der Waals surface area (Å²) in [4.78, 5) is 4.21. The number of rotatable bonds is 10. The van der Waals surface area contributed by atoms with Crippen LogP contribution < -0.4 is 15.4 Å². The molecule has 0 spiro atoms. The van der Waals surface area contributed by atoms with Gasteiger partial charge >= 0.3 is 0 Å². The second-order valence-electron chi connectivity index (χ2n) is 6.79. The topological polar surface area (TPSA) is 109 Å². The second-order valence-corrected chi connectivity index (χ2v) is 8.72. The third kappa shape index (κ3) is 8.23. The monoisotopic (exact) mass is 549 g/mol. The van der Waals surface area contributed by atoms with Crippen molar-refractivity contribution in [2.24, 2.45) is 4.99 Å². The summed E-state index contributed by atoms with van der Waals surface area (Å²) in [6.07, 6.45) is 2.07. The first kappa shape index (κ1) is 26.4. The number of hydrogen-bond acceptors (Lipinski definition) is 5. The van der Waals surface area contributed by atoms with Gasteiger partial charge in [0.25, 0.3) is 0 Å². The van der Waals surface area contributed by atoms with Crippen LogP contribution in [-0.4, -0.2) is 33.6 Å². The Bertz CT molecular complexity index is 911. The summed E-state index contributed by atoms with van der Waals surface area (Å²) in [6, 6.07) is 9.44. The van der Waals surface area contributed by atoms with E-state index in [-0.39, 0.29) is 29.7 Å². The van der Waals surface area contributed by atoms with Gasteiger partial charge in [-0.05, 0) is 31.0 Å². The van der Waals surface area contributed by atoms with Crippen molar-refractivity contribution >= 4 is 40.0 Å². The molecular formula is C20H32IN5O3S. The number of nitrogens with zero attached hydrogens (tertiary/aromatic N) is 2. The van der Waals surface area contributed by atoms with Crippen LogP contribution in [-0.2, 0) is 28.9 Å². The quantitative estimate of drug-likeness (QED) is 0.239. The third-order valence-electron chi connectivity index (χ3n) is 4.75. The maximum absolute atomic E-state index is 11.7. The Morgan fingerprint density at radius 3 is 2.43 bits per heavy atom. The Morgan fingerprint density at radius 1 is 1.13 bits per heavy atom. The molecule has 168 valence electrons. The molecule has 3 N–H and O–H groups in total. The molecule has 2 rings (SSSR count). The molecule has 0 saturated heterocycles. The van der Waals surface area contributed by atoms with Gasteiger partial charge in [0.2, 0.25) is 10.0 Å². The maximum Gasteiger partial charge on any atom is 0.215 e. The van der Waals surface area contributed by atoms with Crippen LogP contribution in [0.2, 0.25) is 0 Å². The summed E-state index contributed by atoms with van der Waals surface area (Å²) < 4.78 is 31.2. The number of aliphatic imine (C=N–C) groups is 1. The molecule has 10 heteroatoms. The largest absolute Gasteiger partial charge is 0.359 e. The minimum Gasteiger partial charge on any atom is -0.359 e. The van der Waals surface area contributed by atoms with Gasteiger partial charge in [-0.2, -0.15) is 0 Å². The lowest BCUT2D eigenvalue weighted by atomic mass is 9.99. The second kappa shape index (κ2) is 12.9. The van der Waals surface area contributed by atoms with Crippen LogP contribution in [0.3, 0.4) is 0 Å². The van der Waals surface area contributed by atoms with Crippen LogP contribution >= 0.6 is 24.0 Å². The number of nitrogens with one attached hydrogen (secondary N) is 3. The molecule has 0 unspecified atom stereocenters. The first-order valence-electron chi connectivity index (χ1n) is 9.79. The Morgan fingerprint density at radius 2 is 1.80 bits per heavy atom. The zero-order valence-electron chi connectivity index (χ0n) is 17.9. The molecule has 0 aliphatic rings. The average molecular weight is 549 g/mol. The maximum atomic E-state index is 11.7. The molecule has 0 aliphatic carbocycles. The molecule has 8 nitrogen and oxygen atoms in total. The highest BCUT2D eigenvalue weighted by molar-refractivity contribution is 14.0. The van der Waals surface area contributed by atoms with Gasteiger partial charge in [0.15, 0.2) is 11.7 Å². The van der Waals surface area contributed by atoms with Gasteiger partial charge in [0, 0.05) is 25.6 Å². The summed E-state index contributed by atoms with van der Waals surface area (Å²) >= 11 is 0. The Balaban J connectivity index is 0.00000450. The van der Waals surface area contributed by atoms with Crippen LogP contribution in [0.4, 0.5) is 0 Å². The number of benzene rings is 1. The summed E-state index contributed by atoms with van der Waals surface area (Å²) in [5.74, 6) is 1.76. The highest BCUT2D eigenvalue weighted by Gasteiger charge is 2.13. The Labute approximate surface area is 196 Å². The molecule has 30 heavy (non-hydrogen) atoms. The normalized spacial score (nSPS) is 12.0. The summed E-state index contributed by atoms with van der Waals surface area (Å²) in [5.41, 5.74) is 2.69. The molecule has 0 saturated carbocycles. The van der Waals surface area contributed by atoms with Crippen molar-refractivity contribution in [1.82, 2.24) is 20.5 Å². The molecule has 0 fully saturated rings. The molecule has 0 bridgehead atoms. The lowest BCUT2D eigenvalue weighted by molar-refractivity contribution is 0.368. The van der Waals surface area contributed by atoms with E-state index < -0.39 is 10.0 Å². The highest BCUT2D eigenvalue weighted by atomic mass is 127. The van der Waals surface area contributed by atoms with E-state index in [9.17, 15) is 8.42 Å². The zero-order chi connectivity index (χ0) is 21.3. The van der Waals surface area contributed by atoms with Crippen molar-refractivity contribution in [3.05, 3.63) is 52.9 Å². The van der Waals surface area contributed by atoms with Gasteiger partial charge < -0.3 is 15.2 Å². The predicted octanol–water partition coefficient (Wildman–Crippen LogP) is 3.11. The van der Waals surface area contributed by atoms with Gasteiger partial charge in [-0.25, -0.2) is 13.1 Å². The number of aromatic nitrogens is 1. The van der Waals surface area contributed by atoms with Gasteiger partial charge in [-0.3, -0.25) is 4.99 Å². The number of hydrogen-bond donors (Lipinski definition) is 3. The number of halogens is 1. The molecule has 1 heterocycles. The minimum atomic E-state index is -3.30. The Hall–Kier alpha value is -1.66. The third-order valence-corrected chi connectivity index (χ3v) is 6.09. The molecule has 0 aliphatic heterocycles. The van der Waals surface area contributed by atoms with E-state index in [2.05, 4.69) is 39.4 Å². The predicted molar refractivity (Wildman–Crippen MR) is 130 cm³/mol. The van der Waals surface area contributed by atoms with Crippen LogP contribution in [0.5, 0.6) is 0 Å². The minimum absolute atomic E-state index is 0. The van der Waals surface area contributed by atoms with Crippen molar-refractivity contribution in [3.63, 3.8) is 0 Å². The number of guanidine groups is 1. The fourth-order valence-electron chi connectivity index (χ4n) is 3.01. The van der Waals surface area contributed by atoms with Crippen LogP contribution in [0, 0.1) is 0 Å². The number of sulfonamides is 1. The Kier molecular flexibility index (Phi) is 11.3. The first-order valence-corrected chi connectivity index (χ1v) is 11.4. The van der Waals surface area contributed by atoms with E-state index in [1.165, 1.54) is 7.05 Å². The van der Waals surface area contributed by atoms with E-state index >= 15 is 0 Å². The fraction of sp³-hybridized carbons (Fsp3) is 0.500. The SMILES string of the molecule is CCC(CC)c1cc(CNC(=NC)NCc2cccc(CS(=O)(=O)NC)c2)on1.I. The lowest BCUT2D eigenvalue weighted by Crippen LogP contribution is -2.36.